The molecule has 1 aliphatic heterocycles. The monoisotopic (exact) mass is 336 g/mol. The number of hydrogen-bond donors (Lipinski definition) is 0. The van der Waals surface area contributed by atoms with Gasteiger partial charge in [-0.2, -0.15) is 5.26 Å². The topological polar surface area (TPSA) is 44.9 Å². The molecular formula is C19H20N4S. The molecule has 0 amide bonds. The van der Waals surface area contributed by atoms with E-state index in [9.17, 15) is 5.26 Å². The van der Waals surface area contributed by atoms with Crippen molar-refractivity contribution in [1.82, 2.24) is 14.5 Å². The first kappa shape index (κ1) is 15.4. The highest BCUT2D eigenvalue weighted by molar-refractivity contribution is 7.18. The molecule has 1 unspecified atom stereocenters. The first-order chi connectivity index (χ1) is 11.8. The molecule has 4 nitrogen and oxygen atoms in total. The summed E-state index contributed by atoms with van der Waals surface area (Å²) in [6.45, 7) is 4.90. The second kappa shape index (κ2) is 6.39. The van der Waals surface area contributed by atoms with Gasteiger partial charge in [0.1, 0.15) is 16.8 Å². The second-order valence-corrected chi connectivity index (χ2v) is 7.34. The molecule has 1 atom stereocenters. The zero-order valence-electron chi connectivity index (χ0n) is 13.8. The van der Waals surface area contributed by atoms with Gasteiger partial charge in [0.15, 0.2) is 0 Å². The fourth-order valence-electron chi connectivity index (χ4n) is 3.57. The van der Waals surface area contributed by atoms with Gasteiger partial charge in [-0.3, -0.25) is 4.90 Å². The predicted octanol–water partition coefficient (Wildman–Crippen LogP) is 4.33. The largest absolute Gasteiger partial charge is 0.339 e. The van der Waals surface area contributed by atoms with Crippen molar-refractivity contribution in [3.63, 3.8) is 0 Å². The fourth-order valence-corrected chi connectivity index (χ4v) is 4.71. The number of rotatable bonds is 4. The lowest BCUT2D eigenvalue weighted by Crippen LogP contribution is -2.22. The molecule has 0 aliphatic carbocycles. The van der Waals surface area contributed by atoms with Crippen LogP contribution in [0.4, 0.5) is 0 Å². The number of aromatic nitrogens is 2. The molecule has 1 fully saturated rings. The van der Waals surface area contributed by atoms with E-state index in [1.165, 1.54) is 28.1 Å². The average molecular weight is 336 g/mol. The van der Waals surface area contributed by atoms with Gasteiger partial charge in [-0.1, -0.05) is 12.1 Å². The van der Waals surface area contributed by atoms with Crippen molar-refractivity contribution >= 4 is 21.6 Å². The molecule has 3 aromatic rings. The van der Waals surface area contributed by atoms with E-state index < -0.39 is 0 Å². The van der Waals surface area contributed by atoms with E-state index in [4.69, 9.17) is 4.98 Å². The molecule has 1 saturated heterocycles. The first-order valence-corrected chi connectivity index (χ1v) is 9.29. The Kier molecular flexibility index (Phi) is 4.09. The van der Waals surface area contributed by atoms with Crippen LogP contribution in [0.5, 0.6) is 0 Å². The van der Waals surface area contributed by atoms with Crippen LogP contribution in [-0.4, -0.2) is 21.0 Å². The van der Waals surface area contributed by atoms with Gasteiger partial charge in [-0.15, -0.1) is 11.3 Å². The Morgan fingerprint density at radius 1 is 1.38 bits per heavy atom. The maximum Gasteiger partial charge on any atom is 0.120 e. The van der Waals surface area contributed by atoms with Gasteiger partial charge in [0.05, 0.1) is 16.3 Å². The lowest BCUT2D eigenvalue weighted by molar-refractivity contribution is 0.248. The third-order valence-electron chi connectivity index (χ3n) is 4.75. The summed E-state index contributed by atoms with van der Waals surface area (Å²) in [4.78, 5) is 7.37. The van der Waals surface area contributed by atoms with Gasteiger partial charge in [0.2, 0.25) is 0 Å². The second-order valence-electron chi connectivity index (χ2n) is 6.28. The minimum Gasteiger partial charge on any atom is -0.339 e. The third-order valence-corrected chi connectivity index (χ3v) is 5.89. The van der Waals surface area contributed by atoms with Gasteiger partial charge in [0.25, 0.3) is 0 Å². The van der Waals surface area contributed by atoms with E-state index in [1.54, 1.807) is 0 Å². The molecule has 5 heteroatoms. The number of benzene rings is 1. The number of nitrogens with zero attached hydrogens (tertiary/aromatic N) is 4. The zero-order chi connectivity index (χ0) is 16.5. The number of nitriles is 1. The zero-order valence-corrected chi connectivity index (χ0v) is 14.6. The lowest BCUT2D eigenvalue weighted by atomic mass is 10.2. The molecule has 24 heavy (non-hydrogen) atoms. The third kappa shape index (κ3) is 2.72. The Labute approximate surface area is 146 Å². The van der Waals surface area contributed by atoms with Crippen molar-refractivity contribution in [2.24, 2.45) is 0 Å². The van der Waals surface area contributed by atoms with Gasteiger partial charge in [0, 0.05) is 19.3 Å². The van der Waals surface area contributed by atoms with Gasteiger partial charge in [-0.05, 0) is 50.1 Å². The molecule has 1 aliphatic rings. The summed E-state index contributed by atoms with van der Waals surface area (Å²) < 4.78 is 3.29. The Bertz CT molecular complexity index is 869. The number of para-hydroxylation sites is 1. The van der Waals surface area contributed by atoms with E-state index in [0.29, 0.717) is 6.04 Å². The predicted molar refractivity (Wildman–Crippen MR) is 96.8 cm³/mol. The molecule has 4 rings (SSSR count). The van der Waals surface area contributed by atoms with Crippen LogP contribution >= 0.6 is 11.3 Å². The van der Waals surface area contributed by atoms with E-state index in [-0.39, 0.29) is 0 Å². The van der Waals surface area contributed by atoms with Crippen molar-refractivity contribution in [3.05, 3.63) is 52.8 Å². The van der Waals surface area contributed by atoms with Gasteiger partial charge < -0.3 is 4.57 Å². The Hall–Kier alpha value is -2.16. The molecule has 2 aromatic heterocycles. The molecule has 0 spiro atoms. The van der Waals surface area contributed by atoms with Crippen LogP contribution < -0.4 is 0 Å². The maximum absolute atomic E-state index is 9.24. The maximum atomic E-state index is 9.24. The quantitative estimate of drug-likeness (QED) is 0.712. The van der Waals surface area contributed by atoms with Crippen LogP contribution in [0.15, 0.2) is 36.5 Å². The van der Waals surface area contributed by atoms with Crippen LogP contribution in [0, 0.1) is 11.3 Å². The van der Waals surface area contributed by atoms with Crippen molar-refractivity contribution in [2.75, 3.05) is 6.54 Å². The Balaban J connectivity index is 1.58. The molecule has 122 valence electrons. The molecule has 1 aromatic carbocycles. The SMILES string of the molecule is CCn1cc(CN2CCCC2c2nc3ccccc3s2)cc1C#N. The van der Waals surface area contributed by atoms with E-state index >= 15 is 0 Å². The molecular weight excluding hydrogens is 316 g/mol. The number of thiazole rings is 1. The van der Waals surface area contributed by atoms with E-state index in [2.05, 4.69) is 48.4 Å². The summed E-state index contributed by atoms with van der Waals surface area (Å²) in [5, 5.41) is 10.5. The summed E-state index contributed by atoms with van der Waals surface area (Å²) in [5.41, 5.74) is 3.08. The van der Waals surface area contributed by atoms with Crippen molar-refractivity contribution in [3.8, 4) is 6.07 Å². The van der Waals surface area contributed by atoms with Crippen LogP contribution in [0.25, 0.3) is 10.2 Å². The number of likely N-dealkylation sites (tertiary alicyclic amines) is 1. The standard InChI is InChI=1S/C19H20N4S/c1-2-22-12-14(10-15(22)11-20)13-23-9-5-7-17(23)19-21-16-6-3-4-8-18(16)24-19/h3-4,6,8,10,12,17H,2,5,7,9,13H2,1H3. The van der Waals surface area contributed by atoms with Crippen molar-refractivity contribution < 1.29 is 0 Å². The fraction of sp³-hybridized carbons (Fsp3) is 0.368. The number of aryl methyl sites for hydroxylation is 1. The summed E-state index contributed by atoms with van der Waals surface area (Å²) in [6.07, 6.45) is 4.49. The molecule has 0 N–H and O–H groups in total. The summed E-state index contributed by atoms with van der Waals surface area (Å²) in [6, 6.07) is 13.1. The molecule has 0 bridgehead atoms. The number of hydrogen-bond acceptors (Lipinski definition) is 4. The van der Waals surface area contributed by atoms with Crippen LogP contribution in [0.2, 0.25) is 0 Å². The van der Waals surface area contributed by atoms with Gasteiger partial charge in [-0.25, -0.2) is 4.98 Å². The van der Waals surface area contributed by atoms with Crippen molar-refractivity contribution in [2.45, 2.75) is 38.9 Å². The molecule has 0 saturated carbocycles. The average Bonchev–Trinajstić information content (AvgIpc) is 3.31. The Morgan fingerprint density at radius 3 is 3.00 bits per heavy atom. The summed E-state index contributed by atoms with van der Waals surface area (Å²) >= 11 is 1.82. The van der Waals surface area contributed by atoms with Gasteiger partial charge >= 0.3 is 0 Å². The van der Waals surface area contributed by atoms with Crippen LogP contribution in [0.3, 0.4) is 0 Å². The number of fused-ring (bicyclic) bond motifs is 1. The van der Waals surface area contributed by atoms with Crippen molar-refractivity contribution in [1.29, 1.82) is 5.26 Å². The highest BCUT2D eigenvalue weighted by atomic mass is 32.1. The van der Waals surface area contributed by atoms with Crippen LogP contribution in [-0.2, 0) is 13.1 Å². The highest BCUT2D eigenvalue weighted by Crippen LogP contribution is 2.37. The minimum atomic E-state index is 0.401. The normalized spacial score (nSPS) is 18.2. The lowest BCUT2D eigenvalue weighted by Gasteiger charge is -2.22. The molecule has 0 radical (unpaired) electrons. The Morgan fingerprint density at radius 2 is 2.25 bits per heavy atom. The minimum absolute atomic E-state index is 0.401. The summed E-state index contributed by atoms with van der Waals surface area (Å²) in [5.74, 6) is 0. The highest BCUT2D eigenvalue weighted by Gasteiger charge is 2.29. The molecule has 3 heterocycles. The summed E-state index contributed by atoms with van der Waals surface area (Å²) in [7, 11) is 0. The first-order valence-electron chi connectivity index (χ1n) is 8.47. The van der Waals surface area contributed by atoms with E-state index in [0.717, 1.165) is 30.8 Å². The van der Waals surface area contributed by atoms with Crippen LogP contribution in [0.1, 0.15) is 42.1 Å². The van der Waals surface area contributed by atoms with E-state index in [1.807, 2.05) is 22.0 Å². The smallest absolute Gasteiger partial charge is 0.120 e.